The zero-order valence-corrected chi connectivity index (χ0v) is 17.0. The summed E-state index contributed by atoms with van der Waals surface area (Å²) in [7, 11) is 4.29. The lowest BCUT2D eigenvalue weighted by Crippen LogP contribution is -2.34. The van der Waals surface area contributed by atoms with E-state index in [-0.39, 0.29) is 5.91 Å². The van der Waals surface area contributed by atoms with E-state index in [1.165, 1.54) is 5.56 Å². The van der Waals surface area contributed by atoms with Gasteiger partial charge in [-0.1, -0.05) is 28.9 Å². The molecule has 1 aliphatic carbocycles. The minimum absolute atomic E-state index is 0.152. The third-order valence-corrected chi connectivity index (χ3v) is 5.77. The first-order valence-electron chi connectivity index (χ1n) is 9.57. The number of carbonyl (C=O) groups is 1. The van der Waals surface area contributed by atoms with E-state index in [0.29, 0.717) is 35.9 Å². The summed E-state index contributed by atoms with van der Waals surface area (Å²) in [6.07, 6.45) is 4.57. The summed E-state index contributed by atoms with van der Waals surface area (Å²) in [5.41, 5.74) is 1.68. The third kappa shape index (κ3) is 5.11. The van der Waals surface area contributed by atoms with Crippen molar-refractivity contribution in [2.45, 2.75) is 38.6 Å². The van der Waals surface area contributed by atoms with Crippen molar-refractivity contribution in [2.24, 2.45) is 11.8 Å². The van der Waals surface area contributed by atoms with Crippen LogP contribution in [0.15, 0.2) is 34.9 Å². The Kier molecular flexibility index (Phi) is 6.55. The van der Waals surface area contributed by atoms with Crippen molar-refractivity contribution in [3.05, 3.63) is 52.4 Å². The van der Waals surface area contributed by atoms with Crippen molar-refractivity contribution in [2.75, 3.05) is 20.6 Å². The molecule has 1 saturated carbocycles. The van der Waals surface area contributed by atoms with Crippen LogP contribution in [0.3, 0.4) is 0 Å². The molecule has 1 amide bonds. The molecule has 1 unspecified atom stereocenters. The Morgan fingerprint density at radius 2 is 1.93 bits per heavy atom. The van der Waals surface area contributed by atoms with Crippen molar-refractivity contribution >= 4 is 17.5 Å². The van der Waals surface area contributed by atoms with E-state index in [2.05, 4.69) is 41.6 Å². The highest BCUT2D eigenvalue weighted by atomic mass is 35.5. The van der Waals surface area contributed by atoms with Crippen LogP contribution >= 0.6 is 11.6 Å². The molecular weight excluding hydrogens is 362 g/mol. The van der Waals surface area contributed by atoms with Gasteiger partial charge in [0.15, 0.2) is 5.69 Å². The Bertz CT molecular complexity index is 749. The fraction of sp³-hybridized carbons (Fsp3) is 0.524. The number of halogens is 1. The van der Waals surface area contributed by atoms with Gasteiger partial charge in [-0.3, -0.25) is 4.79 Å². The van der Waals surface area contributed by atoms with Gasteiger partial charge in [0.1, 0.15) is 5.76 Å². The number of amides is 1. The summed E-state index contributed by atoms with van der Waals surface area (Å²) < 4.78 is 4.97. The van der Waals surface area contributed by atoms with E-state index in [4.69, 9.17) is 16.1 Å². The molecule has 1 aromatic carbocycles. The van der Waals surface area contributed by atoms with Crippen LogP contribution in [-0.4, -0.2) is 36.6 Å². The van der Waals surface area contributed by atoms with Crippen LogP contribution < -0.4 is 5.32 Å². The van der Waals surface area contributed by atoms with Crippen LogP contribution in [0.25, 0.3) is 0 Å². The number of rotatable bonds is 6. The maximum atomic E-state index is 12.1. The number of nitrogens with one attached hydrogen (secondary N) is 1. The molecule has 0 saturated heterocycles. The summed E-state index contributed by atoms with van der Waals surface area (Å²) in [6.45, 7) is 2.48. The zero-order valence-electron chi connectivity index (χ0n) is 16.2. The van der Waals surface area contributed by atoms with Gasteiger partial charge in [-0.15, -0.1) is 0 Å². The molecule has 6 heteroatoms. The molecule has 0 spiro atoms. The Labute approximate surface area is 166 Å². The monoisotopic (exact) mass is 389 g/mol. The van der Waals surface area contributed by atoms with Gasteiger partial charge in [-0.2, -0.15) is 0 Å². The van der Waals surface area contributed by atoms with E-state index in [0.717, 1.165) is 30.7 Å². The lowest BCUT2D eigenvalue weighted by molar-refractivity contribution is 0.0925. The molecule has 3 rings (SSSR count). The molecule has 27 heavy (non-hydrogen) atoms. The van der Waals surface area contributed by atoms with Gasteiger partial charge in [0.2, 0.25) is 0 Å². The van der Waals surface area contributed by atoms with Crippen LogP contribution in [0, 0.1) is 18.8 Å². The predicted molar refractivity (Wildman–Crippen MR) is 107 cm³/mol. The van der Waals surface area contributed by atoms with Crippen LogP contribution in [0.4, 0.5) is 0 Å². The summed E-state index contributed by atoms with van der Waals surface area (Å²) in [6, 6.07) is 10.3. The fourth-order valence-electron chi connectivity index (χ4n) is 4.16. The quantitative estimate of drug-likeness (QED) is 0.791. The van der Waals surface area contributed by atoms with Crippen LogP contribution in [0.2, 0.25) is 5.02 Å². The number of benzene rings is 1. The molecular formula is C21H28ClN3O2. The zero-order chi connectivity index (χ0) is 19.4. The van der Waals surface area contributed by atoms with Crippen molar-refractivity contribution in [1.29, 1.82) is 0 Å². The van der Waals surface area contributed by atoms with Crippen LogP contribution in [-0.2, 0) is 0 Å². The molecule has 146 valence electrons. The first kappa shape index (κ1) is 19.9. The average molecular weight is 390 g/mol. The van der Waals surface area contributed by atoms with E-state index in [9.17, 15) is 4.79 Å². The molecule has 5 nitrogen and oxygen atoms in total. The predicted octanol–water partition coefficient (Wildman–Crippen LogP) is 4.48. The van der Waals surface area contributed by atoms with Crippen molar-refractivity contribution in [1.82, 2.24) is 15.4 Å². The number of aromatic nitrogens is 1. The van der Waals surface area contributed by atoms with E-state index >= 15 is 0 Å². The Balaban J connectivity index is 1.52. The Morgan fingerprint density at radius 1 is 1.26 bits per heavy atom. The summed E-state index contributed by atoms with van der Waals surface area (Å²) in [5, 5.41) is 7.55. The minimum Gasteiger partial charge on any atom is -0.361 e. The number of hydrogen-bond acceptors (Lipinski definition) is 4. The molecule has 1 aliphatic rings. The van der Waals surface area contributed by atoms with Gasteiger partial charge in [0.25, 0.3) is 5.91 Å². The number of nitrogens with zero attached hydrogens (tertiary/aromatic N) is 2. The Morgan fingerprint density at radius 3 is 2.48 bits per heavy atom. The number of carbonyl (C=O) groups excluding carboxylic acids is 1. The molecule has 1 atom stereocenters. The smallest absolute Gasteiger partial charge is 0.273 e. The second kappa shape index (κ2) is 8.89. The van der Waals surface area contributed by atoms with Crippen molar-refractivity contribution in [3.63, 3.8) is 0 Å². The van der Waals surface area contributed by atoms with Crippen LogP contribution in [0.1, 0.15) is 53.5 Å². The van der Waals surface area contributed by atoms with Gasteiger partial charge < -0.3 is 14.7 Å². The van der Waals surface area contributed by atoms with Gasteiger partial charge in [-0.05, 0) is 76.2 Å². The number of hydrogen-bond donors (Lipinski definition) is 1. The fourth-order valence-corrected chi connectivity index (χ4v) is 4.29. The second-order valence-corrected chi connectivity index (χ2v) is 8.21. The third-order valence-electron chi connectivity index (χ3n) is 5.52. The second-order valence-electron chi connectivity index (χ2n) is 7.77. The lowest BCUT2D eigenvalue weighted by Gasteiger charge is -2.37. The Hall–Kier alpha value is -1.85. The average Bonchev–Trinajstić information content (AvgIpc) is 3.09. The summed E-state index contributed by atoms with van der Waals surface area (Å²) in [4.78, 5) is 14.4. The lowest BCUT2D eigenvalue weighted by atomic mass is 9.76. The van der Waals surface area contributed by atoms with Gasteiger partial charge in [-0.25, -0.2) is 0 Å². The summed E-state index contributed by atoms with van der Waals surface area (Å²) in [5.74, 6) is 1.64. The molecule has 1 N–H and O–H groups in total. The van der Waals surface area contributed by atoms with E-state index < -0.39 is 0 Å². The topological polar surface area (TPSA) is 58.4 Å². The number of aryl methyl sites for hydroxylation is 1. The first-order valence-corrected chi connectivity index (χ1v) is 9.95. The highest BCUT2D eigenvalue weighted by Crippen LogP contribution is 2.39. The standard InChI is InChI=1S/C21H28ClN3O2/c1-14-12-19(24-27-14)21(26)23-13-15-4-6-16(7-5-15)20(25(2)3)17-8-10-18(22)11-9-17/h8-12,15-16,20H,4-7,13H2,1-3H3,(H,23,26). The van der Waals surface area contributed by atoms with Gasteiger partial charge in [0, 0.05) is 23.7 Å². The molecule has 0 bridgehead atoms. The molecule has 1 aromatic heterocycles. The van der Waals surface area contributed by atoms with Gasteiger partial charge in [0.05, 0.1) is 0 Å². The molecule has 0 radical (unpaired) electrons. The summed E-state index contributed by atoms with van der Waals surface area (Å²) >= 11 is 6.05. The molecule has 0 aliphatic heterocycles. The van der Waals surface area contributed by atoms with E-state index in [1.54, 1.807) is 13.0 Å². The molecule has 1 heterocycles. The van der Waals surface area contributed by atoms with Crippen LogP contribution in [0.5, 0.6) is 0 Å². The first-order chi connectivity index (χ1) is 12.9. The molecule has 2 aromatic rings. The highest BCUT2D eigenvalue weighted by Gasteiger charge is 2.30. The van der Waals surface area contributed by atoms with Gasteiger partial charge >= 0.3 is 0 Å². The minimum atomic E-state index is -0.152. The SMILES string of the molecule is Cc1cc(C(=O)NCC2CCC(C(c3ccc(Cl)cc3)N(C)C)CC2)no1. The maximum Gasteiger partial charge on any atom is 0.273 e. The molecule has 1 fully saturated rings. The highest BCUT2D eigenvalue weighted by molar-refractivity contribution is 6.30. The van der Waals surface area contributed by atoms with E-state index in [1.807, 2.05) is 12.1 Å². The normalized spacial score (nSPS) is 21.2. The maximum absolute atomic E-state index is 12.1. The van der Waals surface area contributed by atoms with Crippen molar-refractivity contribution < 1.29 is 9.32 Å². The van der Waals surface area contributed by atoms with Crippen molar-refractivity contribution in [3.8, 4) is 0 Å². The largest absolute Gasteiger partial charge is 0.361 e.